The van der Waals surface area contributed by atoms with Gasteiger partial charge in [0.15, 0.2) is 0 Å². The van der Waals surface area contributed by atoms with Gasteiger partial charge in [0.05, 0.1) is 11.1 Å². The van der Waals surface area contributed by atoms with Crippen LogP contribution in [0.3, 0.4) is 0 Å². The smallest absolute Gasteiger partial charge is 0.250 e. The molecule has 4 rings (SSSR count). The van der Waals surface area contributed by atoms with Gasteiger partial charge in [-0.3, -0.25) is 4.79 Å². The topological polar surface area (TPSA) is 70.9 Å². The number of carbonyl (C=O) groups excluding carboxylic acids is 1. The summed E-state index contributed by atoms with van der Waals surface area (Å²) in [7, 11) is 0. The van der Waals surface area contributed by atoms with E-state index in [-0.39, 0.29) is 0 Å². The maximum Gasteiger partial charge on any atom is 0.250 e. The van der Waals surface area contributed by atoms with Gasteiger partial charge in [0.25, 0.3) is 5.91 Å². The molecule has 1 aromatic heterocycles. The molecule has 1 aliphatic rings. The van der Waals surface area contributed by atoms with Crippen LogP contribution >= 0.6 is 11.6 Å². The van der Waals surface area contributed by atoms with E-state index in [0.29, 0.717) is 16.5 Å². The number of carbonyl (C=O) groups is 1. The van der Waals surface area contributed by atoms with Crippen molar-refractivity contribution in [2.75, 3.05) is 13.1 Å². The number of hydrogen-bond donors (Lipinski definition) is 3. The molecule has 0 aliphatic carbocycles. The van der Waals surface area contributed by atoms with E-state index < -0.39 is 5.91 Å². The van der Waals surface area contributed by atoms with Crippen molar-refractivity contribution in [2.45, 2.75) is 18.8 Å². The Kier molecular flexibility index (Phi) is 4.24. The lowest BCUT2D eigenvalue weighted by Crippen LogP contribution is -2.26. The largest absolute Gasteiger partial charge is 0.366 e. The lowest BCUT2D eigenvalue weighted by atomic mass is 9.88. The molecule has 1 fully saturated rings. The number of hydrogen-bond acceptors (Lipinski definition) is 2. The van der Waals surface area contributed by atoms with Crippen LogP contribution in [0.5, 0.6) is 0 Å². The Labute approximate surface area is 151 Å². The molecule has 4 N–H and O–H groups in total. The van der Waals surface area contributed by atoms with Crippen LogP contribution in [-0.4, -0.2) is 24.0 Å². The number of rotatable bonds is 3. The molecular weight excluding hydrogens is 334 g/mol. The Balaban J connectivity index is 1.89. The molecule has 3 aromatic rings. The van der Waals surface area contributed by atoms with Crippen LogP contribution < -0.4 is 11.1 Å². The highest BCUT2D eigenvalue weighted by Crippen LogP contribution is 2.35. The van der Waals surface area contributed by atoms with E-state index in [4.69, 9.17) is 17.3 Å². The molecule has 0 unspecified atom stereocenters. The number of benzene rings is 2. The highest BCUT2D eigenvalue weighted by molar-refractivity contribution is 6.30. The Morgan fingerprint density at radius 3 is 2.48 bits per heavy atom. The van der Waals surface area contributed by atoms with Crippen LogP contribution in [0.15, 0.2) is 42.6 Å². The Hall–Kier alpha value is -2.30. The van der Waals surface area contributed by atoms with Crippen molar-refractivity contribution in [3.63, 3.8) is 0 Å². The maximum atomic E-state index is 12.0. The number of primary amides is 1. The third kappa shape index (κ3) is 3.03. The molecule has 5 heteroatoms. The van der Waals surface area contributed by atoms with Crippen molar-refractivity contribution < 1.29 is 4.79 Å². The molecule has 1 aliphatic heterocycles. The number of nitrogens with two attached hydrogens (primary N) is 1. The van der Waals surface area contributed by atoms with Crippen molar-refractivity contribution >= 4 is 28.4 Å². The van der Waals surface area contributed by atoms with E-state index in [1.165, 1.54) is 5.56 Å². The summed E-state index contributed by atoms with van der Waals surface area (Å²) in [6.45, 7) is 2.05. The number of H-pyrrole nitrogens is 1. The average Bonchev–Trinajstić information content (AvgIpc) is 3.06. The van der Waals surface area contributed by atoms with Gasteiger partial charge >= 0.3 is 0 Å². The lowest BCUT2D eigenvalue weighted by molar-refractivity contribution is 0.100. The van der Waals surface area contributed by atoms with Crippen molar-refractivity contribution in [3.05, 3.63) is 58.7 Å². The second-order valence-electron chi connectivity index (χ2n) is 6.59. The summed E-state index contributed by atoms with van der Waals surface area (Å²) in [5, 5.41) is 5.18. The van der Waals surface area contributed by atoms with E-state index in [2.05, 4.69) is 16.4 Å². The molecule has 0 bridgehead atoms. The van der Waals surface area contributed by atoms with Gasteiger partial charge in [-0.1, -0.05) is 23.7 Å². The van der Waals surface area contributed by atoms with Gasteiger partial charge in [0.2, 0.25) is 0 Å². The quantitative estimate of drug-likeness (QED) is 0.664. The monoisotopic (exact) mass is 353 g/mol. The summed E-state index contributed by atoms with van der Waals surface area (Å²) in [5.74, 6) is 0.0794. The second-order valence-corrected chi connectivity index (χ2v) is 7.02. The van der Waals surface area contributed by atoms with E-state index in [9.17, 15) is 4.79 Å². The minimum atomic E-state index is -0.417. The third-order valence-corrected chi connectivity index (χ3v) is 5.30. The number of aromatic amines is 1. The van der Waals surface area contributed by atoms with Crippen LogP contribution in [0.1, 0.15) is 34.7 Å². The van der Waals surface area contributed by atoms with E-state index in [1.807, 2.05) is 36.5 Å². The third-order valence-electron chi connectivity index (χ3n) is 5.04. The van der Waals surface area contributed by atoms with Gasteiger partial charge in [-0.25, -0.2) is 0 Å². The summed E-state index contributed by atoms with van der Waals surface area (Å²) in [5.41, 5.74) is 10.3. The highest BCUT2D eigenvalue weighted by atomic mass is 35.5. The zero-order valence-corrected chi connectivity index (χ0v) is 14.6. The summed E-state index contributed by atoms with van der Waals surface area (Å²) < 4.78 is 0. The van der Waals surface area contributed by atoms with E-state index >= 15 is 0 Å². The van der Waals surface area contributed by atoms with Crippen LogP contribution in [0.25, 0.3) is 22.0 Å². The number of halogens is 1. The first kappa shape index (κ1) is 16.2. The van der Waals surface area contributed by atoms with Crippen molar-refractivity contribution in [3.8, 4) is 11.1 Å². The second kappa shape index (κ2) is 6.54. The van der Waals surface area contributed by atoms with Gasteiger partial charge in [-0.05, 0) is 72.8 Å². The summed E-state index contributed by atoms with van der Waals surface area (Å²) in [4.78, 5) is 15.3. The zero-order valence-electron chi connectivity index (χ0n) is 13.8. The van der Waals surface area contributed by atoms with Gasteiger partial charge in [-0.2, -0.15) is 0 Å². The highest BCUT2D eigenvalue weighted by Gasteiger charge is 2.21. The fourth-order valence-corrected chi connectivity index (χ4v) is 3.85. The normalized spacial score (nSPS) is 15.6. The molecule has 0 atom stereocenters. The molecule has 2 aromatic carbocycles. The Bertz CT molecular complexity index is 924. The van der Waals surface area contributed by atoms with E-state index in [0.717, 1.165) is 48.0 Å². The van der Waals surface area contributed by atoms with Crippen molar-refractivity contribution in [1.29, 1.82) is 0 Å². The predicted molar refractivity (Wildman–Crippen MR) is 102 cm³/mol. The number of amides is 1. The standard InChI is InChI=1S/C20H20ClN3O/c21-15-3-1-12(2-4-15)14-9-16-18(13-5-7-23-8-6-13)11-24-19(16)17(10-14)20(22)25/h1-4,9-11,13,23-24H,5-8H2,(H2,22,25). The number of aromatic nitrogens is 1. The van der Waals surface area contributed by atoms with Crippen LogP contribution in [0.2, 0.25) is 5.02 Å². The molecule has 0 radical (unpaired) electrons. The first-order valence-corrected chi connectivity index (χ1v) is 8.93. The zero-order chi connectivity index (χ0) is 17.4. The van der Waals surface area contributed by atoms with Crippen molar-refractivity contribution in [1.82, 2.24) is 10.3 Å². The molecular formula is C20H20ClN3O. The molecule has 1 saturated heterocycles. The number of nitrogens with one attached hydrogen (secondary N) is 2. The summed E-state index contributed by atoms with van der Waals surface area (Å²) in [6.07, 6.45) is 4.24. The SMILES string of the molecule is NC(=O)c1cc(-c2ccc(Cl)cc2)cc2c(C3CCNCC3)c[nH]c12. The number of piperidine rings is 1. The number of fused-ring (bicyclic) bond motifs is 1. The fraction of sp³-hybridized carbons (Fsp3) is 0.250. The molecule has 4 nitrogen and oxygen atoms in total. The predicted octanol–water partition coefficient (Wildman–Crippen LogP) is 4.05. The maximum absolute atomic E-state index is 12.0. The molecule has 1 amide bonds. The van der Waals surface area contributed by atoms with Crippen LogP contribution in [0.4, 0.5) is 0 Å². The molecule has 128 valence electrons. The molecule has 0 spiro atoms. The summed E-state index contributed by atoms with van der Waals surface area (Å²) in [6, 6.07) is 11.7. The van der Waals surface area contributed by atoms with E-state index in [1.54, 1.807) is 0 Å². The Morgan fingerprint density at radius 2 is 1.80 bits per heavy atom. The molecule has 2 heterocycles. The van der Waals surface area contributed by atoms with Gasteiger partial charge in [0, 0.05) is 16.6 Å². The minimum Gasteiger partial charge on any atom is -0.366 e. The first-order chi connectivity index (χ1) is 12.1. The van der Waals surface area contributed by atoms with Crippen LogP contribution in [0, 0.1) is 0 Å². The van der Waals surface area contributed by atoms with Gasteiger partial charge in [0.1, 0.15) is 0 Å². The van der Waals surface area contributed by atoms with Crippen LogP contribution in [-0.2, 0) is 0 Å². The first-order valence-electron chi connectivity index (χ1n) is 8.55. The fourth-order valence-electron chi connectivity index (χ4n) is 3.73. The molecule has 0 saturated carbocycles. The summed E-state index contributed by atoms with van der Waals surface area (Å²) >= 11 is 6.00. The van der Waals surface area contributed by atoms with Crippen molar-refractivity contribution in [2.24, 2.45) is 5.73 Å². The Morgan fingerprint density at radius 1 is 1.08 bits per heavy atom. The minimum absolute atomic E-state index is 0.417. The molecule has 25 heavy (non-hydrogen) atoms. The lowest BCUT2D eigenvalue weighted by Gasteiger charge is -2.22. The van der Waals surface area contributed by atoms with Gasteiger partial charge < -0.3 is 16.0 Å². The van der Waals surface area contributed by atoms with Gasteiger partial charge in [-0.15, -0.1) is 0 Å². The average molecular weight is 354 g/mol.